The van der Waals surface area contributed by atoms with Crippen LogP contribution < -0.4 is 4.74 Å². The Bertz CT molecular complexity index is 628. The largest absolute Gasteiger partial charge is 0.496 e. The second-order valence-electron chi connectivity index (χ2n) is 4.83. The molecule has 0 saturated carbocycles. The average Bonchev–Trinajstić information content (AvgIpc) is 2.50. The summed E-state index contributed by atoms with van der Waals surface area (Å²) in [7, 11) is 3.30. The molecule has 0 aliphatic heterocycles. The molecule has 0 heterocycles. The maximum absolute atomic E-state index is 13.6. The van der Waals surface area contributed by atoms with Crippen molar-refractivity contribution in [3.8, 4) is 5.75 Å². The lowest BCUT2D eigenvalue weighted by molar-refractivity contribution is -0.129. The molecular weight excluding hydrogens is 269 g/mol. The van der Waals surface area contributed by atoms with Crippen LogP contribution in [0.5, 0.6) is 5.75 Å². The highest BCUT2D eigenvalue weighted by atomic mass is 19.1. The van der Waals surface area contributed by atoms with Crippen molar-refractivity contribution in [1.29, 1.82) is 0 Å². The molecule has 2 aromatic carbocycles. The number of ether oxygens (including phenoxy) is 1. The number of halogens is 1. The maximum Gasteiger partial charge on any atom is 0.227 e. The van der Waals surface area contributed by atoms with Crippen LogP contribution in [0.4, 0.5) is 4.39 Å². The van der Waals surface area contributed by atoms with Gasteiger partial charge in [0, 0.05) is 19.2 Å². The number of hydrogen-bond acceptors (Lipinski definition) is 2. The number of amides is 1. The van der Waals surface area contributed by atoms with E-state index in [1.807, 2.05) is 24.3 Å². The summed E-state index contributed by atoms with van der Waals surface area (Å²) in [5.41, 5.74) is 1.33. The first-order valence-electron chi connectivity index (χ1n) is 6.71. The minimum atomic E-state index is -0.350. The van der Waals surface area contributed by atoms with Crippen LogP contribution in [0.2, 0.25) is 0 Å². The van der Waals surface area contributed by atoms with Crippen LogP contribution in [0.3, 0.4) is 0 Å². The highest BCUT2D eigenvalue weighted by molar-refractivity contribution is 5.78. The highest BCUT2D eigenvalue weighted by Crippen LogP contribution is 2.19. The SMILES string of the molecule is COc1ccccc1CN(C)C(=O)Cc1ccccc1F. The van der Waals surface area contributed by atoms with Gasteiger partial charge in [-0.2, -0.15) is 0 Å². The van der Waals surface area contributed by atoms with Crippen molar-refractivity contribution in [1.82, 2.24) is 4.90 Å². The molecule has 0 spiro atoms. The van der Waals surface area contributed by atoms with E-state index in [1.165, 1.54) is 6.07 Å². The molecule has 3 nitrogen and oxygen atoms in total. The van der Waals surface area contributed by atoms with Gasteiger partial charge in [0.1, 0.15) is 11.6 Å². The van der Waals surface area contributed by atoms with Gasteiger partial charge in [0.25, 0.3) is 0 Å². The molecule has 0 N–H and O–H groups in total. The number of benzene rings is 2. The van der Waals surface area contributed by atoms with E-state index in [4.69, 9.17) is 4.74 Å². The summed E-state index contributed by atoms with van der Waals surface area (Å²) in [6.45, 7) is 0.428. The molecule has 0 aromatic heterocycles. The first-order chi connectivity index (χ1) is 10.1. The molecule has 0 bridgehead atoms. The third-order valence-electron chi connectivity index (χ3n) is 3.33. The Morgan fingerprint density at radius 2 is 1.71 bits per heavy atom. The van der Waals surface area contributed by atoms with Crippen LogP contribution in [0, 0.1) is 5.82 Å². The fourth-order valence-corrected chi connectivity index (χ4v) is 2.12. The van der Waals surface area contributed by atoms with Crippen LogP contribution >= 0.6 is 0 Å². The number of likely N-dealkylation sites (N-methyl/N-ethyl adjacent to an activating group) is 1. The van der Waals surface area contributed by atoms with Crippen molar-refractivity contribution in [3.63, 3.8) is 0 Å². The van der Waals surface area contributed by atoms with Crippen molar-refractivity contribution >= 4 is 5.91 Å². The van der Waals surface area contributed by atoms with E-state index < -0.39 is 0 Å². The molecule has 0 fully saturated rings. The minimum absolute atomic E-state index is 0.0539. The Kier molecular flexibility index (Phi) is 4.93. The van der Waals surface area contributed by atoms with Gasteiger partial charge in [-0.15, -0.1) is 0 Å². The molecule has 0 radical (unpaired) electrons. The molecule has 0 saturated heterocycles. The maximum atomic E-state index is 13.6. The van der Waals surface area contributed by atoms with E-state index in [9.17, 15) is 9.18 Å². The summed E-state index contributed by atoms with van der Waals surface area (Å²) < 4.78 is 18.8. The van der Waals surface area contributed by atoms with Crippen LogP contribution in [-0.2, 0) is 17.8 Å². The zero-order chi connectivity index (χ0) is 15.2. The predicted octanol–water partition coefficient (Wildman–Crippen LogP) is 3.04. The number of nitrogens with zero attached hydrogens (tertiary/aromatic N) is 1. The summed E-state index contributed by atoms with van der Waals surface area (Å²) in [6, 6.07) is 13.9. The summed E-state index contributed by atoms with van der Waals surface area (Å²) in [5, 5.41) is 0. The van der Waals surface area contributed by atoms with Crippen LogP contribution in [0.1, 0.15) is 11.1 Å². The molecular formula is C17H18FNO2. The molecule has 21 heavy (non-hydrogen) atoms. The van der Waals surface area contributed by atoms with Gasteiger partial charge in [-0.1, -0.05) is 36.4 Å². The zero-order valence-corrected chi connectivity index (χ0v) is 12.2. The Labute approximate surface area is 124 Å². The van der Waals surface area contributed by atoms with E-state index in [0.717, 1.165) is 11.3 Å². The average molecular weight is 287 g/mol. The molecule has 2 aromatic rings. The van der Waals surface area contributed by atoms with Gasteiger partial charge in [0.2, 0.25) is 5.91 Å². The van der Waals surface area contributed by atoms with Gasteiger partial charge >= 0.3 is 0 Å². The topological polar surface area (TPSA) is 29.5 Å². The highest BCUT2D eigenvalue weighted by Gasteiger charge is 2.14. The molecule has 0 aliphatic carbocycles. The number of carbonyl (C=O) groups excluding carboxylic acids is 1. The van der Waals surface area contributed by atoms with E-state index >= 15 is 0 Å². The van der Waals surface area contributed by atoms with E-state index in [0.29, 0.717) is 12.1 Å². The first-order valence-corrected chi connectivity index (χ1v) is 6.71. The lowest BCUT2D eigenvalue weighted by Gasteiger charge is -2.19. The fourth-order valence-electron chi connectivity index (χ4n) is 2.12. The van der Waals surface area contributed by atoms with Gasteiger partial charge in [0.15, 0.2) is 0 Å². The predicted molar refractivity (Wildman–Crippen MR) is 79.6 cm³/mol. The van der Waals surface area contributed by atoms with Gasteiger partial charge in [-0.25, -0.2) is 4.39 Å². The van der Waals surface area contributed by atoms with Crippen molar-refractivity contribution in [2.75, 3.05) is 14.2 Å². The van der Waals surface area contributed by atoms with E-state index in [-0.39, 0.29) is 18.1 Å². The number of methoxy groups -OCH3 is 1. The van der Waals surface area contributed by atoms with E-state index in [1.54, 1.807) is 37.3 Å². The Morgan fingerprint density at radius 3 is 2.38 bits per heavy atom. The molecule has 1 amide bonds. The summed E-state index contributed by atoms with van der Waals surface area (Å²) in [5.74, 6) is 0.255. The second kappa shape index (κ2) is 6.88. The van der Waals surface area contributed by atoms with Gasteiger partial charge in [0.05, 0.1) is 13.5 Å². The molecule has 2 rings (SSSR count). The zero-order valence-electron chi connectivity index (χ0n) is 12.2. The third-order valence-corrected chi connectivity index (χ3v) is 3.33. The van der Waals surface area contributed by atoms with Crippen LogP contribution in [0.15, 0.2) is 48.5 Å². The first kappa shape index (κ1) is 15.0. The smallest absolute Gasteiger partial charge is 0.227 e. The number of rotatable bonds is 5. The second-order valence-corrected chi connectivity index (χ2v) is 4.83. The van der Waals surface area contributed by atoms with Gasteiger partial charge in [-0.3, -0.25) is 4.79 Å². The lowest BCUT2D eigenvalue weighted by atomic mass is 10.1. The Balaban J connectivity index is 2.05. The monoisotopic (exact) mass is 287 g/mol. The van der Waals surface area contributed by atoms with Crippen LogP contribution in [-0.4, -0.2) is 25.0 Å². The quantitative estimate of drug-likeness (QED) is 0.846. The molecule has 110 valence electrons. The van der Waals surface area contributed by atoms with Crippen molar-refractivity contribution in [2.45, 2.75) is 13.0 Å². The van der Waals surface area contributed by atoms with Crippen molar-refractivity contribution in [2.24, 2.45) is 0 Å². The summed E-state index contributed by atoms with van der Waals surface area (Å²) in [6.07, 6.45) is 0.0539. The third kappa shape index (κ3) is 3.81. The number of para-hydroxylation sites is 1. The molecule has 0 unspecified atom stereocenters. The normalized spacial score (nSPS) is 10.2. The number of carbonyl (C=O) groups is 1. The fraction of sp³-hybridized carbons (Fsp3) is 0.235. The van der Waals surface area contributed by atoms with Crippen molar-refractivity contribution in [3.05, 3.63) is 65.5 Å². The van der Waals surface area contributed by atoms with Crippen LogP contribution in [0.25, 0.3) is 0 Å². The minimum Gasteiger partial charge on any atom is -0.496 e. The Hall–Kier alpha value is -2.36. The summed E-state index contributed by atoms with van der Waals surface area (Å²) in [4.78, 5) is 13.8. The van der Waals surface area contributed by atoms with Gasteiger partial charge in [-0.05, 0) is 17.7 Å². The summed E-state index contributed by atoms with van der Waals surface area (Å²) >= 11 is 0. The Morgan fingerprint density at radius 1 is 1.10 bits per heavy atom. The van der Waals surface area contributed by atoms with Crippen molar-refractivity contribution < 1.29 is 13.9 Å². The number of hydrogen-bond donors (Lipinski definition) is 0. The molecule has 4 heteroatoms. The lowest BCUT2D eigenvalue weighted by Crippen LogP contribution is -2.28. The standard InChI is InChI=1S/C17H18FNO2/c1-19(12-14-8-4-6-10-16(14)21-2)17(20)11-13-7-3-5-9-15(13)18/h3-10H,11-12H2,1-2H3. The molecule has 0 aliphatic rings. The van der Waals surface area contributed by atoms with E-state index in [2.05, 4.69) is 0 Å². The molecule has 0 atom stereocenters. The van der Waals surface area contributed by atoms with Gasteiger partial charge < -0.3 is 9.64 Å².